The lowest BCUT2D eigenvalue weighted by Gasteiger charge is -2.21. The predicted octanol–water partition coefficient (Wildman–Crippen LogP) is 1.72. The Labute approximate surface area is 78.8 Å². The Hall–Kier alpha value is -1.12. The highest BCUT2D eigenvalue weighted by Gasteiger charge is 2.38. The summed E-state index contributed by atoms with van der Waals surface area (Å²) in [5.41, 5.74) is -1.03. The molecular formula is C10H16O3. The summed E-state index contributed by atoms with van der Waals surface area (Å²) in [4.78, 5) is 22.5. The van der Waals surface area contributed by atoms with E-state index in [1.165, 1.54) is 14.0 Å². The standard InChI is InChI=1S/C10H16O3/c1-5-6-7-10(3,8(2)11)9(12)13-4/h5-6H,7H2,1-4H3/b6-5+/t10-/m0/s1. The molecular weight excluding hydrogens is 168 g/mol. The molecule has 0 aromatic carbocycles. The normalized spacial score (nSPS) is 15.4. The van der Waals surface area contributed by atoms with Gasteiger partial charge in [-0.2, -0.15) is 0 Å². The summed E-state index contributed by atoms with van der Waals surface area (Å²) in [6.45, 7) is 4.85. The van der Waals surface area contributed by atoms with Crippen molar-refractivity contribution in [2.75, 3.05) is 7.11 Å². The maximum atomic E-state index is 11.3. The van der Waals surface area contributed by atoms with E-state index in [1.54, 1.807) is 13.0 Å². The van der Waals surface area contributed by atoms with Gasteiger partial charge in [-0.15, -0.1) is 0 Å². The molecule has 0 bridgehead atoms. The Morgan fingerprint density at radius 1 is 1.46 bits per heavy atom. The summed E-state index contributed by atoms with van der Waals surface area (Å²) in [5, 5.41) is 0. The minimum Gasteiger partial charge on any atom is -0.468 e. The zero-order valence-electron chi connectivity index (χ0n) is 8.59. The van der Waals surface area contributed by atoms with Gasteiger partial charge in [-0.25, -0.2) is 0 Å². The van der Waals surface area contributed by atoms with Crippen LogP contribution < -0.4 is 0 Å². The molecule has 0 fully saturated rings. The molecule has 0 rings (SSSR count). The molecule has 0 aliphatic heterocycles. The summed E-state index contributed by atoms with van der Waals surface area (Å²) in [7, 11) is 1.29. The van der Waals surface area contributed by atoms with Crippen molar-refractivity contribution in [1.29, 1.82) is 0 Å². The zero-order chi connectivity index (χ0) is 10.5. The SMILES string of the molecule is C/C=C/C[C@@](C)(C(C)=O)C(=O)OC. The van der Waals surface area contributed by atoms with E-state index in [2.05, 4.69) is 4.74 Å². The second kappa shape index (κ2) is 4.80. The quantitative estimate of drug-likeness (QED) is 0.379. The number of allylic oxidation sites excluding steroid dienone is 2. The monoisotopic (exact) mass is 184 g/mol. The van der Waals surface area contributed by atoms with E-state index in [0.717, 1.165) is 0 Å². The van der Waals surface area contributed by atoms with Gasteiger partial charge in [0.1, 0.15) is 11.2 Å². The van der Waals surface area contributed by atoms with Gasteiger partial charge in [-0.05, 0) is 27.2 Å². The number of Topliss-reactive ketones (excluding diaryl/α,β-unsaturated/α-hetero) is 1. The van der Waals surface area contributed by atoms with Gasteiger partial charge in [0.05, 0.1) is 7.11 Å². The Kier molecular flexibility index (Phi) is 4.38. The zero-order valence-corrected chi connectivity index (χ0v) is 8.59. The van der Waals surface area contributed by atoms with E-state index in [-0.39, 0.29) is 5.78 Å². The molecule has 1 atom stereocenters. The Bertz CT molecular complexity index is 230. The van der Waals surface area contributed by atoms with Crippen molar-refractivity contribution in [3.05, 3.63) is 12.2 Å². The average molecular weight is 184 g/mol. The van der Waals surface area contributed by atoms with Gasteiger partial charge < -0.3 is 4.74 Å². The first-order valence-corrected chi connectivity index (χ1v) is 4.19. The van der Waals surface area contributed by atoms with Crippen LogP contribution in [0, 0.1) is 5.41 Å². The number of methoxy groups -OCH3 is 1. The van der Waals surface area contributed by atoms with Crippen LogP contribution in [0.1, 0.15) is 27.2 Å². The van der Waals surface area contributed by atoms with E-state index < -0.39 is 11.4 Å². The van der Waals surface area contributed by atoms with Crippen molar-refractivity contribution >= 4 is 11.8 Å². The molecule has 0 radical (unpaired) electrons. The fourth-order valence-electron chi connectivity index (χ4n) is 0.950. The van der Waals surface area contributed by atoms with Gasteiger partial charge >= 0.3 is 5.97 Å². The number of ketones is 1. The Morgan fingerprint density at radius 2 is 2.00 bits per heavy atom. The topological polar surface area (TPSA) is 43.4 Å². The van der Waals surface area contributed by atoms with Gasteiger partial charge in [0.15, 0.2) is 0 Å². The molecule has 0 N–H and O–H groups in total. The lowest BCUT2D eigenvalue weighted by Crippen LogP contribution is -2.35. The van der Waals surface area contributed by atoms with Crippen molar-refractivity contribution in [2.24, 2.45) is 5.41 Å². The number of hydrogen-bond donors (Lipinski definition) is 0. The highest BCUT2D eigenvalue weighted by molar-refractivity contribution is 6.02. The first-order chi connectivity index (χ1) is 5.99. The third-order valence-electron chi connectivity index (χ3n) is 2.17. The van der Waals surface area contributed by atoms with Crippen LogP contribution >= 0.6 is 0 Å². The van der Waals surface area contributed by atoms with E-state index >= 15 is 0 Å². The molecule has 0 spiro atoms. The maximum Gasteiger partial charge on any atom is 0.319 e. The minimum atomic E-state index is -1.03. The lowest BCUT2D eigenvalue weighted by atomic mass is 9.83. The van der Waals surface area contributed by atoms with Gasteiger partial charge in [-0.1, -0.05) is 12.2 Å². The fraction of sp³-hybridized carbons (Fsp3) is 0.600. The van der Waals surface area contributed by atoms with Gasteiger partial charge in [0.2, 0.25) is 0 Å². The van der Waals surface area contributed by atoms with Gasteiger partial charge in [-0.3, -0.25) is 9.59 Å². The molecule has 0 saturated heterocycles. The van der Waals surface area contributed by atoms with Gasteiger partial charge in [0, 0.05) is 0 Å². The number of carbonyl (C=O) groups is 2. The van der Waals surface area contributed by atoms with Crippen LogP contribution in [-0.2, 0) is 14.3 Å². The summed E-state index contributed by atoms with van der Waals surface area (Å²) < 4.78 is 4.58. The second-order valence-corrected chi connectivity index (χ2v) is 3.15. The highest BCUT2D eigenvalue weighted by Crippen LogP contribution is 2.24. The Balaban J connectivity index is 4.72. The maximum absolute atomic E-state index is 11.3. The van der Waals surface area contributed by atoms with Crippen LogP contribution in [0.2, 0.25) is 0 Å². The predicted molar refractivity (Wildman–Crippen MR) is 50.2 cm³/mol. The number of hydrogen-bond acceptors (Lipinski definition) is 3. The molecule has 0 saturated carbocycles. The number of esters is 1. The molecule has 0 aliphatic rings. The molecule has 3 nitrogen and oxygen atoms in total. The minimum absolute atomic E-state index is 0.169. The van der Waals surface area contributed by atoms with E-state index in [0.29, 0.717) is 6.42 Å². The Morgan fingerprint density at radius 3 is 2.31 bits per heavy atom. The van der Waals surface area contributed by atoms with Crippen molar-refractivity contribution in [3.63, 3.8) is 0 Å². The molecule has 13 heavy (non-hydrogen) atoms. The largest absolute Gasteiger partial charge is 0.468 e. The molecule has 0 aliphatic carbocycles. The highest BCUT2D eigenvalue weighted by atomic mass is 16.5. The van der Waals surface area contributed by atoms with Crippen molar-refractivity contribution < 1.29 is 14.3 Å². The van der Waals surface area contributed by atoms with Crippen molar-refractivity contribution in [1.82, 2.24) is 0 Å². The molecule has 3 heteroatoms. The van der Waals surface area contributed by atoms with E-state index in [4.69, 9.17) is 0 Å². The van der Waals surface area contributed by atoms with Crippen LogP contribution in [0.15, 0.2) is 12.2 Å². The second-order valence-electron chi connectivity index (χ2n) is 3.15. The first-order valence-electron chi connectivity index (χ1n) is 4.19. The molecule has 0 heterocycles. The third kappa shape index (κ3) is 2.68. The molecule has 74 valence electrons. The molecule has 0 unspecified atom stereocenters. The average Bonchev–Trinajstić information content (AvgIpc) is 2.12. The molecule has 0 aromatic rings. The third-order valence-corrected chi connectivity index (χ3v) is 2.17. The molecule has 0 aromatic heterocycles. The van der Waals surface area contributed by atoms with Crippen LogP contribution in [0.3, 0.4) is 0 Å². The van der Waals surface area contributed by atoms with Gasteiger partial charge in [0.25, 0.3) is 0 Å². The number of carbonyl (C=O) groups excluding carboxylic acids is 2. The first kappa shape index (κ1) is 11.9. The number of rotatable bonds is 4. The fourth-order valence-corrected chi connectivity index (χ4v) is 0.950. The molecule has 0 amide bonds. The smallest absolute Gasteiger partial charge is 0.319 e. The van der Waals surface area contributed by atoms with Crippen molar-refractivity contribution in [3.8, 4) is 0 Å². The van der Waals surface area contributed by atoms with Crippen LogP contribution in [0.25, 0.3) is 0 Å². The van der Waals surface area contributed by atoms with Crippen molar-refractivity contribution in [2.45, 2.75) is 27.2 Å². The van der Waals surface area contributed by atoms with Crippen LogP contribution in [-0.4, -0.2) is 18.9 Å². The summed E-state index contributed by atoms with van der Waals surface area (Å²) >= 11 is 0. The summed E-state index contributed by atoms with van der Waals surface area (Å²) in [6, 6.07) is 0. The van der Waals surface area contributed by atoms with Crippen LogP contribution in [0.5, 0.6) is 0 Å². The van der Waals surface area contributed by atoms with E-state index in [9.17, 15) is 9.59 Å². The number of ether oxygens (including phenoxy) is 1. The summed E-state index contributed by atoms with van der Waals surface area (Å²) in [5.74, 6) is -0.643. The lowest BCUT2D eigenvalue weighted by molar-refractivity contribution is -0.156. The van der Waals surface area contributed by atoms with Crippen LogP contribution in [0.4, 0.5) is 0 Å². The van der Waals surface area contributed by atoms with E-state index in [1.807, 2.05) is 13.0 Å². The summed E-state index contributed by atoms with van der Waals surface area (Å²) in [6.07, 6.45) is 3.99.